The van der Waals surface area contributed by atoms with Crippen LogP contribution in [0.25, 0.3) is 0 Å². The van der Waals surface area contributed by atoms with E-state index in [4.69, 9.17) is 10.5 Å². The van der Waals surface area contributed by atoms with E-state index in [-0.39, 0.29) is 0 Å². The van der Waals surface area contributed by atoms with E-state index in [2.05, 4.69) is 21.9 Å². The molecular weight excluding hydrogens is 254 g/mol. The van der Waals surface area contributed by atoms with Crippen LogP contribution in [0.1, 0.15) is 31.0 Å². The molecule has 1 aliphatic rings. The fourth-order valence-corrected chi connectivity index (χ4v) is 2.62. The minimum absolute atomic E-state index is 0.515. The first kappa shape index (κ1) is 14.7. The van der Waals surface area contributed by atoms with Gasteiger partial charge in [-0.1, -0.05) is 6.92 Å². The fraction of sp³-hybridized carbons (Fsp3) is 0.714. The summed E-state index contributed by atoms with van der Waals surface area (Å²) in [6.45, 7) is 6.76. The maximum Gasteiger partial charge on any atom is 0.216 e. The van der Waals surface area contributed by atoms with Gasteiger partial charge in [0, 0.05) is 20.1 Å². The zero-order valence-electron chi connectivity index (χ0n) is 12.9. The molecule has 0 atom stereocenters. The number of rotatable bonds is 3. The fourth-order valence-electron chi connectivity index (χ4n) is 2.62. The van der Waals surface area contributed by atoms with Crippen molar-refractivity contribution in [3.05, 3.63) is 11.3 Å². The molecule has 2 N–H and O–H groups in total. The number of hydrogen-bond donors (Lipinski definition) is 1. The zero-order valence-corrected chi connectivity index (χ0v) is 12.9. The Balaban J connectivity index is 2.05. The Morgan fingerprint density at radius 2 is 2.10 bits per heavy atom. The van der Waals surface area contributed by atoms with Crippen molar-refractivity contribution < 1.29 is 4.74 Å². The maximum absolute atomic E-state index is 6.10. The summed E-state index contributed by atoms with van der Waals surface area (Å²) < 4.78 is 7.10. The van der Waals surface area contributed by atoms with Gasteiger partial charge in [-0.25, -0.2) is 9.67 Å². The van der Waals surface area contributed by atoms with E-state index in [0.717, 1.165) is 36.1 Å². The van der Waals surface area contributed by atoms with Gasteiger partial charge in [0.25, 0.3) is 0 Å². The van der Waals surface area contributed by atoms with Crippen LogP contribution in [0.4, 0.5) is 0 Å². The van der Waals surface area contributed by atoms with Gasteiger partial charge in [0.2, 0.25) is 5.88 Å². The molecule has 6 heteroatoms. The van der Waals surface area contributed by atoms with Crippen LogP contribution in [-0.2, 0) is 13.6 Å². The van der Waals surface area contributed by atoms with E-state index in [1.165, 1.54) is 12.8 Å². The second kappa shape index (κ2) is 6.15. The lowest BCUT2D eigenvalue weighted by atomic mass is 10.00. The maximum atomic E-state index is 6.10. The van der Waals surface area contributed by atoms with E-state index in [1.54, 1.807) is 11.8 Å². The highest BCUT2D eigenvalue weighted by Crippen LogP contribution is 2.22. The highest BCUT2D eigenvalue weighted by molar-refractivity contribution is 5.78. The molecule has 112 valence electrons. The molecule has 20 heavy (non-hydrogen) atoms. The second-order valence-corrected chi connectivity index (χ2v) is 5.54. The van der Waals surface area contributed by atoms with Crippen LogP contribution in [0.2, 0.25) is 0 Å². The van der Waals surface area contributed by atoms with Crippen LogP contribution in [0.3, 0.4) is 0 Å². The average molecular weight is 279 g/mol. The first-order valence-electron chi connectivity index (χ1n) is 7.14. The van der Waals surface area contributed by atoms with Crippen molar-refractivity contribution in [1.29, 1.82) is 0 Å². The summed E-state index contributed by atoms with van der Waals surface area (Å²) in [6.07, 6.45) is 2.37. The van der Waals surface area contributed by atoms with Crippen LogP contribution in [0.15, 0.2) is 4.99 Å². The molecule has 6 nitrogen and oxygen atoms in total. The third kappa shape index (κ3) is 3.05. The van der Waals surface area contributed by atoms with Gasteiger partial charge >= 0.3 is 0 Å². The van der Waals surface area contributed by atoms with Crippen molar-refractivity contribution in [2.24, 2.45) is 23.7 Å². The molecule has 2 heterocycles. The molecule has 0 aromatic carbocycles. The smallest absolute Gasteiger partial charge is 0.216 e. The van der Waals surface area contributed by atoms with Crippen LogP contribution in [0, 0.1) is 12.8 Å². The number of ether oxygens (including phenoxy) is 1. The molecule has 2 rings (SSSR count). The molecule has 1 aromatic rings. The minimum Gasteiger partial charge on any atom is -0.481 e. The molecular formula is C14H25N5O. The van der Waals surface area contributed by atoms with Gasteiger partial charge in [-0.05, 0) is 25.7 Å². The number of aryl methyl sites for hydroxylation is 2. The highest BCUT2D eigenvalue weighted by Gasteiger charge is 2.18. The Hall–Kier alpha value is -1.72. The molecule has 1 aromatic heterocycles. The number of methoxy groups -OCH3 is 1. The van der Waals surface area contributed by atoms with Crippen molar-refractivity contribution in [1.82, 2.24) is 14.7 Å². The summed E-state index contributed by atoms with van der Waals surface area (Å²) >= 11 is 0. The molecule has 0 spiro atoms. The first-order chi connectivity index (χ1) is 9.52. The van der Waals surface area contributed by atoms with Crippen molar-refractivity contribution in [3.8, 4) is 5.88 Å². The van der Waals surface area contributed by atoms with Gasteiger partial charge in [-0.2, -0.15) is 5.10 Å². The Labute approximate surface area is 120 Å². The lowest BCUT2D eigenvalue weighted by molar-refractivity contribution is 0.277. The normalized spacial score (nSPS) is 17.6. The van der Waals surface area contributed by atoms with E-state index < -0.39 is 0 Å². The van der Waals surface area contributed by atoms with Gasteiger partial charge < -0.3 is 15.4 Å². The molecule has 1 aliphatic heterocycles. The number of aliphatic imine (C=N–C) groups is 1. The Morgan fingerprint density at radius 1 is 1.45 bits per heavy atom. The molecule has 0 bridgehead atoms. The minimum atomic E-state index is 0.515. The monoisotopic (exact) mass is 279 g/mol. The number of hydrogen-bond acceptors (Lipinski definition) is 3. The molecule has 0 amide bonds. The van der Waals surface area contributed by atoms with Crippen LogP contribution >= 0.6 is 0 Å². The standard InChI is InChI=1S/C14H25N5O/c1-10-5-7-19(8-6-10)14(15)16-9-12-11(2)17-18(3)13(12)20-4/h10H,5-9H2,1-4H3,(H2,15,16). The third-order valence-electron chi connectivity index (χ3n) is 3.99. The second-order valence-electron chi connectivity index (χ2n) is 5.54. The number of aromatic nitrogens is 2. The quantitative estimate of drug-likeness (QED) is 0.668. The van der Waals surface area contributed by atoms with Crippen LogP contribution in [-0.4, -0.2) is 40.8 Å². The highest BCUT2D eigenvalue weighted by atomic mass is 16.5. The van der Waals surface area contributed by atoms with E-state index in [0.29, 0.717) is 12.5 Å². The van der Waals surface area contributed by atoms with Gasteiger partial charge in [-0.15, -0.1) is 0 Å². The van der Waals surface area contributed by atoms with Crippen molar-refractivity contribution in [2.75, 3.05) is 20.2 Å². The Kier molecular flexibility index (Phi) is 4.52. The molecule has 0 radical (unpaired) electrons. The number of guanidine groups is 1. The summed E-state index contributed by atoms with van der Waals surface area (Å²) in [7, 11) is 3.52. The summed E-state index contributed by atoms with van der Waals surface area (Å²) in [5.41, 5.74) is 8.04. The van der Waals surface area contributed by atoms with E-state index in [9.17, 15) is 0 Å². The summed E-state index contributed by atoms with van der Waals surface area (Å²) in [5, 5.41) is 4.35. The molecule has 1 saturated heterocycles. The van der Waals surface area contributed by atoms with Gasteiger partial charge in [0.15, 0.2) is 5.96 Å². The summed E-state index contributed by atoms with van der Waals surface area (Å²) in [6, 6.07) is 0. The summed E-state index contributed by atoms with van der Waals surface area (Å²) in [4.78, 5) is 6.68. The van der Waals surface area contributed by atoms with E-state index in [1.807, 2.05) is 14.0 Å². The summed E-state index contributed by atoms with van der Waals surface area (Å²) in [5.74, 6) is 2.17. The van der Waals surface area contributed by atoms with Crippen LogP contribution < -0.4 is 10.5 Å². The lowest BCUT2D eigenvalue weighted by Crippen LogP contribution is -2.42. The van der Waals surface area contributed by atoms with Gasteiger partial charge in [-0.3, -0.25) is 0 Å². The number of nitrogens with zero attached hydrogens (tertiary/aromatic N) is 4. The Bertz CT molecular complexity index is 486. The third-order valence-corrected chi connectivity index (χ3v) is 3.99. The van der Waals surface area contributed by atoms with Crippen molar-refractivity contribution in [3.63, 3.8) is 0 Å². The van der Waals surface area contributed by atoms with E-state index >= 15 is 0 Å². The largest absolute Gasteiger partial charge is 0.481 e. The molecule has 1 fully saturated rings. The van der Waals surface area contributed by atoms with Crippen molar-refractivity contribution in [2.45, 2.75) is 33.2 Å². The predicted octanol–water partition coefficient (Wildman–Crippen LogP) is 1.28. The average Bonchev–Trinajstić information content (AvgIpc) is 2.70. The molecule has 0 saturated carbocycles. The lowest BCUT2D eigenvalue weighted by Gasteiger charge is -2.31. The van der Waals surface area contributed by atoms with Crippen LogP contribution in [0.5, 0.6) is 5.88 Å². The number of nitrogens with two attached hydrogens (primary N) is 1. The number of likely N-dealkylation sites (tertiary alicyclic amines) is 1. The topological polar surface area (TPSA) is 68.7 Å². The van der Waals surface area contributed by atoms with Crippen molar-refractivity contribution >= 4 is 5.96 Å². The SMILES string of the molecule is COc1c(CN=C(N)N2CCC(C)CC2)c(C)nn1C. The first-order valence-corrected chi connectivity index (χ1v) is 7.14. The molecule has 0 unspecified atom stereocenters. The predicted molar refractivity (Wildman–Crippen MR) is 79.8 cm³/mol. The Morgan fingerprint density at radius 3 is 2.70 bits per heavy atom. The molecule has 0 aliphatic carbocycles. The zero-order chi connectivity index (χ0) is 14.7. The number of piperidine rings is 1. The van der Waals surface area contributed by atoms with Gasteiger partial charge in [0.05, 0.1) is 24.9 Å². The van der Waals surface area contributed by atoms with Gasteiger partial charge in [0.1, 0.15) is 0 Å².